The molecule has 0 atom stereocenters. The Morgan fingerprint density at radius 3 is 2.30 bits per heavy atom. The van der Waals surface area contributed by atoms with Crippen LogP contribution in [0.5, 0.6) is 11.6 Å². The highest BCUT2D eigenvalue weighted by atomic mass is 79.9. The van der Waals surface area contributed by atoms with Gasteiger partial charge in [-0.3, -0.25) is 10.1 Å². The number of hydrogen-bond donors (Lipinski definition) is 0. The number of benzene rings is 1. The van der Waals surface area contributed by atoms with Crippen molar-refractivity contribution in [3.05, 3.63) is 55.7 Å². The standard InChI is InChI=1S/C14H13BrN2O3/c1-8-6-11(7-9(2)14(8)15)20-13-5-4-12(17(18)19)10(3)16-13/h4-7H,1-3H3. The number of nitrogens with zero attached hydrogens (tertiary/aromatic N) is 2. The molecule has 20 heavy (non-hydrogen) atoms. The van der Waals surface area contributed by atoms with Gasteiger partial charge < -0.3 is 4.74 Å². The Hall–Kier alpha value is -1.95. The molecule has 0 aliphatic carbocycles. The lowest BCUT2D eigenvalue weighted by atomic mass is 10.1. The van der Waals surface area contributed by atoms with Crippen LogP contribution in [0.3, 0.4) is 0 Å². The van der Waals surface area contributed by atoms with Crippen molar-refractivity contribution in [2.24, 2.45) is 0 Å². The van der Waals surface area contributed by atoms with Crippen molar-refractivity contribution in [2.75, 3.05) is 0 Å². The third kappa shape index (κ3) is 2.96. The Balaban J connectivity index is 2.31. The lowest BCUT2D eigenvalue weighted by molar-refractivity contribution is -0.385. The molecule has 1 aromatic heterocycles. The lowest BCUT2D eigenvalue weighted by Gasteiger charge is -2.09. The van der Waals surface area contributed by atoms with Crippen molar-refractivity contribution in [1.82, 2.24) is 4.98 Å². The van der Waals surface area contributed by atoms with Gasteiger partial charge in [-0.05, 0) is 44.0 Å². The minimum atomic E-state index is -0.458. The van der Waals surface area contributed by atoms with Gasteiger partial charge in [0.05, 0.1) is 4.92 Å². The molecule has 0 unspecified atom stereocenters. The molecule has 0 aliphatic rings. The fourth-order valence-electron chi connectivity index (χ4n) is 1.87. The number of pyridine rings is 1. The van der Waals surface area contributed by atoms with E-state index in [1.807, 2.05) is 26.0 Å². The van der Waals surface area contributed by atoms with Crippen LogP contribution in [0.25, 0.3) is 0 Å². The van der Waals surface area contributed by atoms with Crippen LogP contribution in [0.4, 0.5) is 5.69 Å². The Morgan fingerprint density at radius 2 is 1.80 bits per heavy atom. The van der Waals surface area contributed by atoms with E-state index in [0.29, 0.717) is 17.3 Å². The van der Waals surface area contributed by atoms with Gasteiger partial charge in [0, 0.05) is 16.6 Å². The molecule has 0 saturated heterocycles. The number of aromatic nitrogens is 1. The normalized spacial score (nSPS) is 10.4. The largest absolute Gasteiger partial charge is 0.439 e. The zero-order chi connectivity index (χ0) is 14.9. The van der Waals surface area contributed by atoms with Crippen molar-refractivity contribution in [3.63, 3.8) is 0 Å². The summed E-state index contributed by atoms with van der Waals surface area (Å²) in [5.74, 6) is 0.998. The van der Waals surface area contributed by atoms with Crippen LogP contribution in [0.2, 0.25) is 0 Å². The van der Waals surface area contributed by atoms with E-state index < -0.39 is 4.92 Å². The molecule has 0 radical (unpaired) electrons. The number of ether oxygens (including phenoxy) is 1. The Bertz CT molecular complexity index is 663. The van der Waals surface area contributed by atoms with Gasteiger partial charge in [0.25, 0.3) is 5.69 Å². The van der Waals surface area contributed by atoms with Crippen LogP contribution in [0.15, 0.2) is 28.7 Å². The molecular formula is C14H13BrN2O3. The van der Waals surface area contributed by atoms with Gasteiger partial charge in [-0.2, -0.15) is 0 Å². The van der Waals surface area contributed by atoms with E-state index in [-0.39, 0.29) is 5.69 Å². The van der Waals surface area contributed by atoms with E-state index in [9.17, 15) is 10.1 Å². The monoisotopic (exact) mass is 336 g/mol. The van der Waals surface area contributed by atoms with E-state index in [2.05, 4.69) is 20.9 Å². The maximum atomic E-state index is 10.7. The van der Waals surface area contributed by atoms with Gasteiger partial charge in [0.1, 0.15) is 11.4 Å². The highest BCUT2D eigenvalue weighted by Crippen LogP contribution is 2.29. The first kappa shape index (κ1) is 14.5. The zero-order valence-corrected chi connectivity index (χ0v) is 12.9. The van der Waals surface area contributed by atoms with Crippen LogP contribution in [0.1, 0.15) is 16.8 Å². The predicted molar refractivity (Wildman–Crippen MR) is 79.3 cm³/mol. The molecule has 1 aromatic carbocycles. The molecule has 1 heterocycles. The van der Waals surface area contributed by atoms with Crippen LogP contribution >= 0.6 is 15.9 Å². The summed E-state index contributed by atoms with van der Waals surface area (Å²) in [6, 6.07) is 6.67. The van der Waals surface area contributed by atoms with Crippen LogP contribution in [0, 0.1) is 30.9 Å². The zero-order valence-electron chi connectivity index (χ0n) is 11.3. The van der Waals surface area contributed by atoms with Gasteiger partial charge in [-0.15, -0.1) is 0 Å². The molecular weight excluding hydrogens is 324 g/mol. The second-order valence-electron chi connectivity index (χ2n) is 4.48. The first-order valence-electron chi connectivity index (χ1n) is 5.95. The second kappa shape index (κ2) is 5.58. The maximum Gasteiger partial charge on any atom is 0.290 e. The summed E-state index contributed by atoms with van der Waals surface area (Å²) < 4.78 is 6.70. The van der Waals surface area contributed by atoms with E-state index >= 15 is 0 Å². The first-order valence-corrected chi connectivity index (χ1v) is 6.74. The van der Waals surface area contributed by atoms with Crippen LogP contribution in [-0.2, 0) is 0 Å². The van der Waals surface area contributed by atoms with Crippen molar-refractivity contribution in [3.8, 4) is 11.6 Å². The van der Waals surface area contributed by atoms with Gasteiger partial charge in [-0.25, -0.2) is 4.98 Å². The summed E-state index contributed by atoms with van der Waals surface area (Å²) >= 11 is 3.49. The van der Waals surface area contributed by atoms with Crippen molar-refractivity contribution in [1.29, 1.82) is 0 Å². The molecule has 2 rings (SSSR count). The Morgan fingerprint density at radius 1 is 1.20 bits per heavy atom. The van der Waals surface area contributed by atoms with Crippen molar-refractivity contribution >= 4 is 21.6 Å². The van der Waals surface area contributed by atoms with Crippen molar-refractivity contribution in [2.45, 2.75) is 20.8 Å². The van der Waals surface area contributed by atoms with Gasteiger partial charge >= 0.3 is 0 Å². The van der Waals surface area contributed by atoms with Gasteiger partial charge in [0.2, 0.25) is 5.88 Å². The predicted octanol–water partition coefficient (Wildman–Crippen LogP) is 4.47. The molecule has 0 amide bonds. The highest BCUT2D eigenvalue weighted by Gasteiger charge is 2.13. The third-order valence-corrected chi connectivity index (χ3v) is 4.11. The number of halogens is 1. The minimum absolute atomic E-state index is 0.0134. The SMILES string of the molecule is Cc1cc(Oc2ccc([N+](=O)[O-])c(C)n2)cc(C)c1Br. The van der Waals surface area contributed by atoms with Crippen LogP contribution < -0.4 is 4.74 Å². The number of nitro groups is 1. The van der Waals surface area contributed by atoms with Crippen LogP contribution in [-0.4, -0.2) is 9.91 Å². The smallest absolute Gasteiger partial charge is 0.290 e. The van der Waals surface area contributed by atoms with E-state index in [4.69, 9.17) is 4.74 Å². The quantitative estimate of drug-likeness (QED) is 0.612. The lowest BCUT2D eigenvalue weighted by Crippen LogP contribution is -1.96. The van der Waals surface area contributed by atoms with Gasteiger partial charge in [0.15, 0.2) is 0 Å². The van der Waals surface area contributed by atoms with E-state index in [1.54, 1.807) is 6.92 Å². The fourth-order valence-corrected chi connectivity index (χ4v) is 2.10. The summed E-state index contributed by atoms with van der Waals surface area (Å²) in [5.41, 5.74) is 2.43. The summed E-state index contributed by atoms with van der Waals surface area (Å²) in [5, 5.41) is 10.7. The Labute approximate surface area is 124 Å². The highest BCUT2D eigenvalue weighted by molar-refractivity contribution is 9.10. The summed E-state index contributed by atoms with van der Waals surface area (Å²) in [6.45, 7) is 5.53. The number of rotatable bonds is 3. The summed E-state index contributed by atoms with van der Waals surface area (Å²) in [7, 11) is 0. The minimum Gasteiger partial charge on any atom is -0.439 e. The molecule has 6 heteroatoms. The molecule has 2 aromatic rings. The summed E-state index contributed by atoms with van der Waals surface area (Å²) in [4.78, 5) is 14.4. The average molecular weight is 337 g/mol. The van der Waals surface area contributed by atoms with Gasteiger partial charge in [-0.1, -0.05) is 15.9 Å². The molecule has 0 N–H and O–H groups in total. The molecule has 0 spiro atoms. The second-order valence-corrected chi connectivity index (χ2v) is 5.28. The molecule has 0 fully saturated rings. The number of aryl methyl sites for hydroxylation is 3. The topological polar surface area (TPSA) is 65.3 Å². The maximum absolute atomic E-state index is 10.7. The Kier molecular flexibility index (Phi) is 4.04. The molecule has 0 bridgehead atoms. The summed E-state index contributed by atoms with van der Waals surface area (Å²) in [6.07, 6.45) is 0. The van der Waals surface area contributed by atoms with E-state index in [0.717, 1.165) is 15.6 Å². The first-order chi connectivity index (χ1) is 9.38. The molecule has 0 saturated carbocycles. The molecule has 5 nitrogen and oxygen atoms in total. The third-order valence-electron chi connectivity index (χ3n) is 2.86. The number of hydrogen-bond acceptors (Lipinski definition) is 4. The average Bonchev–Trinajstić information content (AvgIpc) is 2.35. The molecule has 104 valence electrons. The van der Waals surface area contributed by atoms with E-state index in [1.165, 1.54) is 12.1 Å². The fraction of sp³-hybridized carbons (Fsp3) is 0.214. The molecule has 0 aliphatic heterocycles. The van der Waals surface area contributed by atoms with Crippen molar-refractivity contribution < 1.29 is 9.66 Å².